The Morgan fingerprint density at radius 3 is 2.20 bits per heavy atom. The van der Waals surface area contributed by atoms with E-state index in [1.807, 2.05) is 54.6 Å². The number of hydrogen-bond acceptors (Lipinski definition) is 3. The van der Waals surface area contributed by atoms with E-state index in [2.05, 4.69) is 4.98 Å². The van der Waals surface area contributed by atoms with Crippen molar-refractivity contribution < 1.29 is 14.7 Å². The number of rotatable bonds is 6. The highest BCUT2D eigenvalue weighted by Gasteiger charge is 2.19. The van der Waals surface area contributed by atoms with Gasteiger partial charge in [-0.1, -0.05) is 54.6 Å². The summed E-state index contributed by atoms with van der Waals surface area (Å²) in [7, 11) is 0. The Labute approximate surface area is 174 Å². The fraction of sp³-hybridized carbons (Fsp3) is 0.0800. The molecule has 4 rings (SSSR count). The van der Waals surface area contributed by atoms with E-state index in [4.69, 9.17) is 5.11 Å². The zero-order valence-electron chi connectivity index (χ0n) is 16.2. The molecule has 4 aromatic rings. The monoisotopic (exact) mass is 396 g/mol. The molecule has 0 radical (unpaired) electrons. The van der Waals surface area contributed by atoms with Crippen LogP contribution in [-0.2, 0) is 13.1 Å². The first-order valence-corrected chi connectivity index (χ1v) is 9.60. The third kappa shape index (κ3) is 4.20. The average molecular weight is 396 g/mol. The van der Waals surface area contributed by atoms with Crippen molar-refractivity contribution in [2.24, 2.45) is 0 Å². The van der Waals surface area contributed by atoms with Gasteiger partial charge in [0.05, 0.1) is 5.56 Å². The lowest BCUT2D eigenvalue weighted by Gasteiger charge is -2.24. The van der Waals surface area contributed by atoms with Crippen LogP contribution in [0.3, 0.4) is 0 Å². The first kappa shape index (κ1) is 19.3. The van der Waals surface area contributed by atoms with Crippen molar-refractivity contribution >= 4 is 22.6 Å². The van der Waals surface area contributed by atoms with Gasteiger partial charge in [0, 0.05) is 36.4 Å². The Morgan fingerprint density at radius 2 is 1.50 bits per heavy atom. The number of carboxylic acid groups (broad SMARTS) is 1. The molecule has 30 heavy (non-hydrogen) atoms. The summed E-state index contributed by atoms with van der Waals surface area (Å²) in [4.78, 5) is 30.6. The first-order valence-electron chi connectivity index (χ1n) is 9.60. The molecule has 0 atom stereocenters. The highest BCUT2D eigenvalue weighted by Crippen LogP contribution is 2.21. The van der Waals surface area contributed by atoms with Gasteiger partial charge < -0.3 is 10.0 Å². The summed E-state index contributed by atoms with van der Waals surface area (Å²) < 4.78 is 0. The Bertz CT molecular complexity index is 1180. The van der Waals surface area contributed by atoms with Crippen LogP contribution in [0.15, 0.2) is 91.3 Å². The number of carbonyl (C=O) groups excluding carboxylic acids is 1. The predicted octanol–water partition coefficient (Wildman–Crippen LogP) is 4.78. The molecule has 0 saturated heterocycles. The summed E-state index contributed by atoms with van der Waals surface area (Å²) in [5.74, 6) is -1.07. The highest BCUT2D eigenvalue weighted by molar-refractivity contribution is 6.06. The molecule has 0 spiro atoms. The topological polar surface area (TPSA) is 70.5 Å². The van der Waals surface area contributed by atoms with Crippen molar-refractivity contribution in [3.8, 4) is 0 Å². The van der Waals surface area contributed by atoms with Gasteiger partial charge in [-0.2, -0.15) is 0 Å². The number of benzene rings is 3. The number of nitrogens with zero attached hydrogens (tertiary/aromatic N) is 2. The lowest BCUT2D eigenvalue weighted by molar-refractivity contribution is 0.0693. The van der Waals surface area contributed by atoms with E-state index in [-0.39, 0.29) is 11.5 Å². The van der Waals surface area contributed by atoms with E-state index in [9.17, 15) is 9.59 Å². The van der Waals surface area contributed by atoms with Crippen LogP contribution in [-0.4, -0.2) is 26.9 Å². The van der Waals surface area contributed by atoms with E-state index in [1.54, 1.807) is 41.6 Å². The van der Waals surface area contributed by atoms with Crippen LogP contribution in [0.2, 0.25) is 0 Å². The molecule has 0 fully saturated rings. The number of fused-ring (bicyclic) bond motifs is 1. The Balaban J connectivity index is 1.69. The fourth-order valence-corrected chi connectivity index (χ4v) is 3.45. The van der Waals surface area contributed by atoms with Crippen molar-refractivity contribution in [1.29, 1.82) is 0 Å². The molecule has 0 bridgehead atoms. The Morgan fingerprint density at radius 1 is 0.800 bits per heavy atom. The summed E-state index contributed by atoms with van der Waals surface area (Å²) in [6.45, 7) is 0.807. The quantitative estimate of drug-likeness (QED) is 0.509. The van der Waals surface area contributed by atoms with E-state index in [0.717, 1.165) is 21.9 Å². The summed E-state index contributed by atoms with van der Waals surface area (Å²) in [6, 6.07) is 24.0. The highest BCUT2D eigenvalue weighted by atomic mass is 16.4. The number of amides is 1. The second-order valence-corrected chi connectivity index (χ2v) is 7.05. The molecule has 1 heterocycles. The van der Waals surface area contributed by atoms with Gasteiger partial charge in [-0.25, -0.2) is 4.79 Å². The summed E-state index contributed by atoms with van der Waals surface area (Å²) in [5.41, 5.74) is 2.70. The molecular weight excluding hydrogens is 376 g/mol. The summed E-state index contributed by atoms with van der Waals surface area (Å²) in [5, 5.41) is 10.9. The zero-order valence-corrected chi connectivity index (χ0v) is 16.2. The second kappa shape index (κ2) is 8.57. The van der Waals surface area contributed by atoms with E-state index < -0.39 is 5.97 Å². The van der Waals surface area contributed by atoms with Crippen LogP contribution in [0, 0.1) is 0 Å². The lowest BCUT2D eigenvalue weighted by atomic mass is 10.0. The SMILES string of the molecule is O=C(O)c1ccc(CN(Cc2ccccc2)C(=O)c2cccc3ccncc23)cc1. The molecule has 0 unspecified atom stereocenters. The molecule has 5 nitrogen and oxygen atoms in total. The van der Waals surface area contributed by atoms with Crippen molar-refractivity contribution in [3.05, 3.63) is 114 Å². The van der Waals surface area contributed by atoms with Crippen LogP contribution in [0.5, 0.6) is 0 Å². The van der Waals surface area contributed by atoms with E-state index in [0.29, 0.717) is 18.7 Å². The standard InChI is InChI=1S/C25H20N2O3/c28-24(22-8-4-7-20-13-14-26-15-23(20)22)27(16-18-5-2-1-3-6-18)17-19-9-11-21(12-10-19)25(29)30/h1-15H,16-17H2,(H,29,30). The number of carboxylic acids is 1. The number of aromatic carboxylic acids is 1. The minimum absolute atomic E-state index is 0.0974. The largest absolute Gasteiger partial charge is 0.478 e. The molecule has 1 amide bonds. The van der Waals surface area contributed by atoms with Crippen molar-refractivity contribution in [2.75, 3.05) is 0 Å². The van der Waals surface area contributed by atoms with E-state index in [1.165, 1.54) is 0 Å². The minimum atomic E-state index is -0.970. The molecule has 0 aliphatic rings. The lowest BCUT2D eigenvalue weighted by Crippen LogP contribution is -2.30. The zero-order chi connectivity index (χ0) is 20.9. The van der Waals surface area contributed by atoms with Crippen molar-refractivity contribution in [2.45, 2.75) is 13.1 Å². The number of hydrogen-bond donors (Lipinski definition) is 1. The third-order valence-electron chi connectivity index (χ3n) is 4.99. The smallest absolute Gasteiger partial charge is 0.335 e. The maximum atomic E-state index is 13.5. The molecule has 0 aliphatic carbocycles. The van der Waals surface area contributed by atoms with Crippen LogP contribution in [0.1, 0.15) is 31.8 Å². The molecule has 5 heteroatoms. The Hall–Kier alpha value is -3.99. The van der Waals surface area contributed by atoms with Crippen molar-refractivity contribution in [1.82, 2.24) is 9.88 Å². The van der Waals surface area contributed by atoms with Crippen molar-refractivity contribution in [3.63, 3.8) is 0 Å². The predicted molar refractivity (Wildman–Crippen MR) is 115 cm³/mol. The molecule has 0 saturated carbocycles. The molecule has 0 aliphatic heterocycles. The van der Waals surface area contributed by atoms with Gasteiger partial charge in [0.25, 0.3) is 5.91 Å². The third-order valence-corrected chi connectivity index (χ3v) is 4.99. The Kier molecular flexibility index (Phi) is 5.52. The summed E-state index contributed by atoms with van der Waals surface area (Å²) >= 11 is 0. The van der Waals surface area contributed by atoms with Gasteiger partial charge in [0.15, 0.2) is 0 Å². The van der Waals surface area contributed by atoms with Crippen LogP contribution in [0.25, 0.3) is 10.8 Å². The van der Waals surface area contributed by atoms with Gasteiger partial charge in [0.1, 0.15) is 0 Å². The van der Waals surface area contributed by atoms with Gasteiger partial charge in [-0.3, -0.25) is 9.78 Å². The fourth-order valence-electron chi connectivity index (χ4n) is 3.45. The number of carbonyl (C=O) groups is 2. The molecule has 1 N–H and O–H groups in total. The van der Waals surface area contributed by atoms with Crippen LogP contribution < -0.4 is 0 Å². The molecule has 148 valence electrons. The van der Waals surface area contributed by atoms with Gasteiger partial charge >= 0.3 is 5.97 Å². The van der Waals surface area contributed by atoms with E-state index >= 15 is 0 Å². The molecule has 1 aromatic heterocycles. The van der Waals surface area contributed by atoms with Gasteiger partial charge in [-0.05, 0) is 40.8 Å². The van der Waals surface area contributed by atoms with Crippen LogP contribution in [0.4, 0.5) is 0 Å². The number of aromatic nitrogens is 1. The first-order chi connectivity index (χ1) is 14.6. The summed E-state index contributed by atoms with van der Waals surface area (Å²) in [6.07, 6.45) is 3.42. The minimum Gasteiger partial charge on any atom is -0.478 e. The maximum absolute atomic E-state index is 13.5. The maximum Gasteiger partial charge on any atom is 0.335 e. The average Bonchev–Trinajstić information content (AvgIpc) is 2.79. The van der Waals surface area contributed by atoms with Gasteiger partial charge in [0.2, 0.25) is 0 Å². The normalized spacial score (nSPS) is 10.7. The molecule has 3 aromatic carbocycles. The number of pyridine rings is 1. The van der Waals surface area contributed by atoms with Gasteiger partial charge in [-0.15, -0.1) is 0 Å². The second-order valence-electron chi connectivity index (χ2n) is 7.05. The molecular formula is C25H20N2O3. The van der Waals surface area contributed by atoms with Crippen LogP contribution >= 0.6 is 0 Å².